The molecule has 0 saturated carbocycles. The average Bonchev–Trinajstić information content (AvgIpc) is 2.48. The van der Waals surface area contributed by atoms with Crippen LogP contribution in [0.25, 0.3) is 0 Å². The smallest absolute Gasteiger partial charge is 0.412 e. The van der Waals surface area contributed by atoms with Crippen molar-refractivity contribution >= 4 is 23.4 Å². The molecule has 100 valence electrons. The molecular weight excluding hydrogens is 278 g/mol. The molecule has 1 amide bonds. The number of benzene rings is 1. The van der Waals surface area contributed by atoms with E-state index < -0.39 is 6.09 Å². The van der Waals surface area contributed by atoms with Gasteiger partial charge in [0.1, 0.15) is 12.7 Å². The van der Waals surface area contributed by atoms with E-state index in [1.165, 1.54) is 12.3 Å². The van der Waals surface area contributed by atoms with E-state index in [1.54, 1.807) is 0 Å². The maximum absolute atomic E-state index is 11.6. The first-order valence-corrected chi connectivity index (χ1v) is 6.10. The number of anilines is 1. The summed E-state index contributed by atoms with van der Waals surface area (Å²) in [6.45, 7) is 0.148. The van der Waals surface area contributed by atoms with E-state index in [1.807, 2.05) is 36.4 Å². The molecule has 0 unspecified atom stereocenters. The Bertz CT molecular complexity index is 653. The summed E-state index contributed by atoms with van der Waals surface area (Å²) in [5.41, 5.74) is 1.41. The second kappa shape index (κ2) is 6.55. The molecule has 0 aliphatic heterocycles. The second-order valence-corrected chi connectivity index (χ2v) is 4.22. The van der Waals surface area contributed by atoms with Crippen LogP contribution in [-0.4, -0.2) is 11.1 Å². The van der Waals surface area contributed by atoms with E-state index >= 15 is 0 Å². The number of rotatable bonds is 3. The predicted octanol–water partition coefficient (Wildman–Crippen LogP) is 3.36. The number of aromatic nitrogens is 1. The number of hydrogen-bond donors (Lipinski definition) is 1. The molecule has 0 saturated heterocycles. The first-order valence-electron chi connectivity index (χ1n) is 5.72. The lowest BCUT2D eigenvalue weighted by molar-refractivity contribution is 0.155. The van der Waals surface area contributed by atoms with Crippen LogP contribution in [0.15, 0.2) is 42.6 Å². The quantitative estimate of drug-likeness (QED) is 0.878. The van der Waals surface area contributed by atoms with E-state index in [0.29, 0.717) is 5.56 Å². The molecule has 0 bridgehead atoms. The molecule has 20 heavy (non-hydrogen) atoms. The van der Waals surface area contributed by atoms with Gasteiger partial charge in [0.15, 0.2) is 5.15 Å². The van der Waals surface area contributed by atoms with Crippen LogP contribution in [0.5, 0.6) is 0 Å². The van der Waals surface area contributed by atoms with Crippen molar-refractivity contribution in [3.63, 3.8) is 0 Å². The molecule has 0 spiro atoms. The van der Waals surface area contributed by atoms with Crippen molar-refractivity contribution in [1.29, 1.82) is 5.26 Å². The maximum Gasteiger partial charge on any atom is 0.412 e. The van der Waals surface area contributed by atoms with Gasteiger partial charge in [-0.25, -0.2) is 9.78 Å². The number of nitrogens with one attached hydrogen (secondary N) is 1. The van der Waals surface area contributed by atoms with Crippen LogP contribution in [0.1, 0.15) is 11.1 Å². The van der Waals surface area contributed by atoms with Crippen LogP contribution in [-0.2, 0) is 11.3 Å². The third kappa shape index (κ3) is 3.70. The largest absolute Gasteiger partial charge is 0.444 e. The number of hydrogen-bond acceptors (Lipinski definition) is 4. The van der Waals surface area contributed by atoms with Crippen LogP contribution >= 0.6 is 11.6 Å². The van der Waals surface area contributed by atoms with Gasteiger partial charge < -0.3 is 4.74 Å². The summed E-state index contributed by atoms with van der Waals surface area (Å²) in [7, 11) is 0. The molecule has 0 aliphatic rings. The topological polar surface area (TPSA) is 75.0 Å². The van der Waals surface area contributed by atoms with Gasteiger partial charge in [0.05, 0.1) is 11.3 Å². The van der Waals surface area contributed by atoms with E-state index in [0.717, 1.165) is 5.56 Å². The molecule has 5 nitrogen and oxygen atoms in total. The fourth-order valence-corrected chi connectivity index (χ4v) is 1.62. The van der Waals surface area contributed by atoms with Gasteiger partial charge in [0, 0.05) is 6.20 Å². The van der Waals surface area contributed by atoms with Crippen molar-refractivity contribution in [2.75, 3.05) is 5.32 Å². The molecule has 1 heterocycles. The van der Waals surface area contributed by atoms with Gasteiger partial charge in [0.2, 0.25) is 0 Å². The Kier molecular flexibility index (Phi) is 4.53. The highest BCUT2D eigenvalue weighted by Crippen LogP contribution is 2.20. The van der Waals surface area contributed by atoms with Gasteiger partial charge in [0.25, 0.3) is 0 Å². The minimum atomic E-state index is -0.660. The standard InChI is InChI=1S/C14H10ClN3O2/c15-13-12(6-11(7-16)8-17-13)18-14(19)20-9-10-4-2-1-3-5-10/h1-6,8H,9H2,(H,18,19). The fraction of sp³-hybridized carbons (Fsp3) is 0.0714. The summed E-state index contributed by atoms with van der Waals surface area (Å²) in [5.74, 6) is 0. The van der Waals surface area contributed by atoms with E-state index in [-0.39, 0.29) is 17.4 Å². The average molecular weight is 288 g/mol. The van der Waals surface area contributed by atoms with Gasteiger partial charge in [-0.1, -0.05) is 41.9 Å². The predicted molar refractivity (Wildman–Crippen MR) is 74.2 cm³/mol. The van der Waals surface area contributed by atoms with Gasteiger partial charge >= 0.3 is 6.09 Å². The minimum absolute atomic E-state index is 0.0978. The van der Waals surface area contributed by atoms with E-state index in [9.17, 15) is 4.79 Å². The molecule has 2 aromatic rings. The summed E-state index contributed by atoms with van der Waals surface area (Å²) in [5, 5.41) is 11.3. The lowest BCUT2D eigenvalue weighted by atomic mass is 10.2. The Morgan fingerprint density at radius 1 is 1.40 bits per heavy atom. The maximum atomic E-state index is 11.6. The molecule has 1 aromatic carbocycles. The number of halogens is 1. The van der Waals surface area contributed by atoms with Crippen molar-refractivity contribution in [3.05, 3.63) is 58.9 Å². The lowest BCUT2D eigenvalue weighted by Gasteiger charge is -2.08. The van der Waals surface area contributed by atoms with Crippen LogP contribution in [0.4, 0.5) is 10.5 Å². The number of ether oxygens (including phenoxy) is 1. The zero-order chi connectivity index (χ0) is 14.4. The lowest BCUT2D eigenvalue weighted by Crippen LogP contribution is -2.14. The zero-order valence-electron chi connectivity index (χ0n) is 10.3. The van der Waals surface area contributed by atoms with Crippen molar-refractivity contribution in [3.8, 4) is 6.07 Å². The summed E-state index contributed by atoms with van der Waals surface area (Å²) in [6.07, 6.45) is 0.663. The number of carbonyl (C=O) groups is 1. The van der Waals surface area contributed by atoms with Gasteiger partial charge in [-0.15, -0.1) is 0 Å². The highest BCUT2D eigenvalue weighted by Gasteiger charge is 2.09. The van der Waals surface area contributed by atoms with Crippen LogP contribution in [0.2, 0.25) is 5.15 Å². The normalized spacial score (nSPS) is 9.60. The molecule has 2 rings (SSSR count). The van der Waals surface area contributed by atoms with E-state index in [2.05, 4.69) is 10.3 Å². The Morgan fingerprint density at radius 3 is 2.85 bits per heavy atom. The van der Waals surface area contributed by atoms with Gasteiger partial charge in [-0.3, -0.25) is 5.32 Å². The summed E-state index contributed by atoms with van der Waals surface area (Å²) in [6, 6.07) is 12.6. The van der Waals surface area contributed by atoms with E-state index in [4.69, 9.17) is 21.6 Å². The third-order valence-corrected chi connectivity index (χ3v) is 2.72. The zero-order valence-corrected chi connectivity index (χ0v) is 11.1. The molecule has 0 radical (unpaired) electrons. The van der Waals surface area contributed by atoms with Crippen molar-refractivity contribution in [1.82, 2.24) is 4.98 Å². The summed E-state index contributed by atoms with van der Waals surface area (Å²) >= 11 is 5.82. The van der Waals surface area contributed by atoms with Crippen LogP contribution < -0.4 is 5.32 Å². The van der Waals surface area contributed by atoms with Gasteiger partial charge in [-0.2, -0.15) is 5.26 Å². The molecule has 6 heteroatoms. The van der Waals surface area contributed by atoms with Crippen LogP contribution in [0, 0.1) is 11.3 Å². The molecule has 0 atom stereocenters. The third-order valence-electron chi connectivity index (χ3n) is 2.42. The van der Waals surface area contributed by atoms with Crippen molar-refractivity contribution in [2.45, 2.75) is 6.61 Å². The van der Waals surface area contributed by atoms with Crippen molar-refractivity contribution in [2.24, 2.45) is 0 Å². The van der Waals surface area contributed by atoms with Gasteiger partial charge in [-0.05, 0) is 11.6 Å². The SMILES string of the molecule is N#Cc1cnc(Cl)c(NC(=O)OCc2ccccc2)c1. The monoisotopic (exact) mass is 287 g/mol. The summed E-state index contributed by atoms with van der Waals surface area (Å²) < 4.78 is 5.04. The number of nitrogens with zero attached hydrogens (tertiary/aromatic N) is 2. The summed E-state index contributed by atoms with van der Waals surface area (Å²) in [4.78, 5) is 15.4. The first kappa shape index (κ1) is 13.8. The van der Waals surface area contributed by atoms with Crippen molar-refractivity contribution < 1.29 is 9.53 Å². The number of pyridine rings is 1. The molecule has 0 fully saturated rings. The Morgan fingerprint density at radius 2 is 2.15 bits per heavy atom. The molecule has 1 N–H and O–H groups in total. The Hall–Kier alpha value is -2.58. The highest BCUT2D eigenvalue weighted by atomic mass is 35.5. The molecule has 1 aromatic heterocycles. The first-order chi connectivity index (χ1) is 9.69. The molecule has 0 aliphatic carbocycles. The highest BCUT2D eigenvalue weighted by molar-refractivity contribution is 6.32. The number of nitriles is 1. The minimum Gasteiger partial charge on any atom is -0.444 e. The second-order valence-electron chi connectivity index (χ2n) is 3.86. The number of amides is 1. The number of carbonyl (C=O) groups excluding carboxylic acids is 1. The molecular formula is C14H10ClN3O2. The van der Waals surface area contributed by atoms with Crippen LogP contribution in [0.3, 0.4) is 0 Å². The Labute approximate surface area is 120 Å². The fourth-order valence-electron chi connectivity index (χ4n) is 1.47. The Balaban J connectivity index is 1.97.